The van der Waals surface area contributed by atoms with Crippen molar-refractivity contribution in [2.24, 2.45) is 5.73 Å². The number of rotatable bonds is 5. The monoisotopic (exact) mass is 471 g/mol. The highest BCUT2D eigenvalue weighted by Gasteiger charge is 2.33. The summed E-state index contributed by atoms with van der Waals surface area (Å²) in [6.45, 7) is 4.40. The van der Waals surface area contributed by atoms with E-state index in [4.69, 9.17) is 5.73 Å². The quantitative estimate of drug-likeness (QED) is 0.583. The first-order valence-electron chi connectivity index (χ1n) is 10.7. The Hall–Kier alpha value is -3.66. The third-order valence-electron chi connectivity index (χ3n) is 5.71. The van der Waals surface area contributed by atoms with E-state index in [0.717, 1.165) is 23.3 Å². The van der Waals surface area contributed by atoms with Gasteiger partial charge in [-0.3, -0.25) is 14.3 Å². The van der Waals surface area contributed by atoms with Crippen molar-refractivity contribution in [2.75, 3.05) is 11.9 Å². The molecule has 7 nitrogen and oxygen atoms in total. The number of halogens is 3. The van der Waals surface area contributed by atoms with E-state index in [-0.39, 0.29) is 17.6 Å². The summed E-state index contributed by atoms with van der Waals surface area (Å²) in [5, 5.41) is 6.94. The minimum Gasteiger partial charge on any atom is -0.331 e. The Morgan fingerprint density at radius 3 is 2.44 bits per heavy atom. The number of aromatic nitrogens is 2. The maximum absolute atomic E-state index is 13.2. The topological polar surface area (TPSA) is 93.2 Å². The lowest BCUT2D eigenvalue weighted by Crippen LogP contribution is -2.41. The zero-order valence-electron chi connectivity index (χ0n) is 18.7. The number of hydrogen-bond acceptors (Lipinski definition) is 4. The van der Waals surface area contributed by atoms with Gasteiger partial charge in [-0.1, -0.05) is 30.3 Å². The molecule has 0 radical (unpaired) electrons. The number of carbonyl (C=O) groups excluding carboxylic acids is 2. The number of nitrogens with zero attached hydrogens (tertiary/aromatic N) is 3. The van der Waals surface area contributed by atoms with E-state index in [9.17, 15) is 22.8 Å². The van der Waals surface area contributed by atoms with Crippen molar-refractivity contribution in [3.8, 4) is 11.3 Å². The fourth-order valence-corrected chi connectivity index (χ4v) is 4.04. The third kappa shape index (κ3) is 4.67. The van der Waals surface area contributed by atoms with Crippen LogP contribution in [0.5, 0.6) is 0 Å². The lowest BCUT2D eigenvalue weighted by molar-refractivity contribution is -0.137. The standard InChI is InChI=1S/C24H24F3N5O2/c1-14-12-31(13-17-5-3-16(11-28)4-6-17)23(34)22-10-21(30-32(14)22)19-8-7-18(24(25,26)27)9-20(19)29-15(2)33/h3-10,14H,11-13,28H2,1-2H3,(H,29,33)/t14-/m0/s1. The number of alkyl halides is 3. The number of benzene rings is 2. The van der Waals surface area contributed by atoms with Crippen LogP contribution in [0.1, 0.15) is 47.1 Å². The molecule has 4 rings (SSSR count). The second kappa shape index (κ2) is 8.94. The van der Waals surface area contributed by atoms with Gasteiger partial charge in [-0.25, -0.2) is 0 Å². The molecule has 2 aromatic carbocycles. The van der Waals surface area contributed by atoms with E-state index in [1.54, 1.807) is 15.6 Å². The Kier molecular flexibility index (Phi) is 6.18. The Morgan fingerprint density at radius 2 is 1.82 bits per heavy atom. The van der Waals surface area contributed by atoms with Crippen molar-refractivity contribution in [1.29, 1.82) is 0 Å². The summed E-state index contributed by atoms with van der Waals surface area (Å²) in [6.07, 6.45) is -4.56. The van der Waals surface area contributed by atoms with Gasteiger partial charge in [0.05, 0.1) is 23.0 Å². The van der Waals surface area contributed by atoms with Gasteiger partial charge in [0.2, 0.25) is 5.91 Å². The largest absolute Gasteiger partial charge is 0.416 e. The smallest absolute Gasteiger partial charge is 0.331 e. The van der Waals surface area contributed by atoms with Crippen LogP contribution in [0.2, 0.25) is 0 Å². The molecule has 178 valence electrons. The average Bonchev–Trinajstić information content (AvgIpc) is 3.23. The fraction of sp³-hybridized carbons (Fsp3) is 0.292. The van der Waals surface area contributed by atoms with Crippen LogP contribution in [-0.4, -0.2) is 33.0 Å². The second-order valence-electron chi connectivity index (χ2n) is 8.35. The van der Waals surface area contributed by atoms with Crippen LogP contribution in [0.3, 0.4) is 0 Å². The summed E-state index contributed by atoms with van der Waals surface area (Å²) in [5.41, 5.74) is 7.63. The van der Waals surface area contributed by atoms with Gasteiger partial charge < -0.3 is 16.0 Å². The van der Waals surface area contributed by atoms with Crippen LogP contribution in [-0.2, 0) is 24.1 Å². The molecule has 0 spiro atoms. The van der Waals surface area contributed by atoms with E-state index in [0.29, 0.717) is 36.6 Å². The van der Waals surface area contributed by atoms with Gasteiger partial charge in [-0.05, 0) is 36.2 Å². The number of fused-ring (bicyclic) bond motifs is 1. The van der Waals surface area contributed by atoms with Crippen LogP contribution in [0.25, 0.3) is 11.3 Å². The number of nitrogens with one attached hydrogen (secondary N) is 1. The van der Waals surface area contributed by atoms with Gasteiger partial charge in [-0.15, -0.1) is 0 Å². The minimum atomic E-state index is -4.56. The van der Waals surface area contributed by atoms with Gasteiger partial charge in [0, 0.05) is 32.1 Å². The predicted molar refractivity (Wildman–Crippen MR) is 121 cm³/mol. The highest BCUT2D eigenvalue weighted by atomic mass is 19.4. The summed E-state index contributed by atoms with van der Waals surface area (Å²) in [7, 11) is 0. The van der Waals surface area contributed by atoms with Crippen molar-refractivity contribution in [1.82, 2.24) is 14.7 Å². The maximum atomic E-state index is 13.2. The van der Waals surface area contributed by atoms with Crippen molar-refractivity contribution in [3.05, 3.63) is 70.9 Å². The van der Waals surface area contributed by atoms with Gasteiger partial charge in [-0.2, -0.15) is 18.3 Å². The van der Waals surface area contributed by atoms with Gasteiger partial charge in [0.25, 0.3) is 5.91 Å². The van der Waals surface area contributed by atoms with E-state index >= 15 is 0 Å². The zero-order chi connectivity index (χ0) is 24.6. The van der Waals surface area contributed by atoms with E-state index in [2.05, 4.69) is 10.4 Å². The van der Waals surface area contributed by atoms with Crippen LogP contribution < -0.4 is 11.1 Å². The molecule has 2 amide bonds. The van der Waals surface area contributed by atoms with Gasteiger partial charge in [0.1, 0.15) is 5.69 Å². The molecule has 0 saturated heterocycles. The lowest BCUT2D eigenvalue weighted by atomic mass is 10.0. The molecule has 0 saturated carbocycles. The molecule has 1 atom stereocenters. The van der Waals surface area contributed by atoms with Crippen molar-refractivity contribution in [2.45, 2.75) is 39.2 Å². The Labute approximate surface area is 194 Å². The highest BCUT2D eigenvalue weighted by Crippen LogP contribution is 2.36. The number of anilines is 1. The molecular formula is C24H24F3N5O2. The number of carbonyl (C=O) groups is 2. The molecule has 1 aromatic heterocycles. The van der Waals surface area contributed by atoms with Crippen LogP contribution >= 0.6 is 0 Å². The van der Waals surface area contributed by atoms with Gasteiger partial charge in [0.15, 0.2) is 0 Å². The predicted octanol–water partition coefficient (Wildman–Crippen LogP) is 4.20. The molecule has 1 aliphatic rings. The summed E-state index contributed by atoms with van der Waals surface area (Å²) in [6, 6.07) is 12.2. The van der Waals surface area contributed by atoms with Crippen molar-refractivity contribution in [3.63, 3.8) is 0 Å². The molecule has 0 unspecified atom stereocenters. The SMILES string of the molecule is CC(=O)Nc1cc(C(F)(F)F)ccc1-c1cc2n(n1)[C@@H](C)CN(Cc1ccc(CN)cc1)C2=O. The lowest BCUT2D eigenvalue weighted by Gasteiger charge is -2.31. The summed E-state index contributed by atoms with van der Waals surface area (Å²) < 4.78 is 41.2. The Bertz CT molecular complexity index is 1230. The maximum Gasteiger partial charge on any atom is 0.416 e. The van der Waals surface area contributed by atoms with Crippen molar-refractivity contribution >= 4 is 17.5 Å². The summed E-state index contributed by atoms with van der Waals surface area (Å²) in [5.74, 6) is -0.742. The molecule has 10 heteroatoms. The molecule has 3 aromatic rings. The summed E-state index contributed by atoms with van der Waals surface area (Å²) in [4.78, 5) is 26.5. The van der Waals surface area contributed by atoms with Crippen molar-refractivity contribution < 1.29 is 22.8 Å². The number of nitrogens with two attached hydrogens (primary N) is 1. The molecule has 1 aliphatic heterocycles. The van der Waals surface area contributed by atoms with E-state index < -0.39 is 17.6 Å². The molecular weight excluding hydrogens is 447 g/mol. The first-order valence-corrected chi connectivity index (χ1v) is 10.7. The Balaban J connectivity index is 1.67. The van der Waals surface area contributed by atoms with E-state index in [1.165, 1.54) is 13.0 Å². The average molecular weight is 471 g/mol. The minimum absolute atomic E-state index is 0.0188. The summed E-state index contributed by atoms with van der Waals surface area (Å²) >= 11 is 0. The molecule has 0 bridgehead atoms. The molecule has 0 fully saturated rings. The first kappa shape index (κ1) is 23.5. The number of hydrogen-bond donors (Lipinski definition) is 2. The molecule has 34 heavy (non-hydrogen) atoms. The van der Waals surface area contributed by atoms with Crippen LogP contribution in [0, 0.1) is 0 Å². The third-order valence-corrected chi connectivity index (χ3v) is 5.71. The highest BCUT2D eigenvalue weighted by molar-refractivity contribution is 5.97. The molecule has 0 aliphatic carbocycles. The first-order chi connectivity index (χ1) is 16.1. The fourth-order valence-electron chi connectivity index (χ4n) is 4.04. The van der Waals surface area contributed by atoms with Crippen LogP contribution in [0.15, 0.2) is 48.5 Å². The van der Waals surface area contributed by atoms with E-state index in [1.807, 2.05) is 31.2 Å². The second-order valence-corrected chi connectivity index (χ2v) is 8.35. The Morgan fingerprint density at radius 1 is 1.15 bits per heavy atom. The zero-order valence-corrected chi connectivity index (χ0v) is 18.7. The molecule has 3 N–H and O–H groups in total. The molecule has 2 heterocycles. The normalized spacial score (nSPS) is 15.9. The van der Waals surface area contributed by atoms with Crippen LogP contribution in [0.4, 0.5) is 18.9 Å². The number of amides is 2. The van der Waals surface area contributed by atoms with Gasteiger partial charge >= 0.3 is 6.18 Å².